The summed E-state index contributed by atoms with van der Waals surface area (Å²) in [4.78, 5) is 22.6. The van der Waals surface area contributed by atoms with Crippen LogP contribution in [0.2, 0.25) is 0 Å². The quantitative estimate of drug-likeness (QED) is 0.674. The third-order valence-electron chi connectivity index (χ3n) is 3.34. The molecule has 0 fully saturated rings. The van der Waals surface area contributed by atoms with E-state index in [0.717, 1.165) is 6.07 Å². The zero-order valence-electron chi connectivity index (χ0n) is 12.2. The lowest BCUT2D eigenvalue weighted by Gasteiger charge is -2.15. The van der Waals surface area contributed by atoms with Crippen molar-refractivity contribution >= 4 is 17.6 Å². The summed E-state index contributed by atoms with van der Waals surface area (Å²) >= 11 is 0. The average Bonchev–Trinajstić information content (AvgIpc) is 2.41. The fraction of sp³-hybridized carbons (Fsp3) is 0.467. The highest BCUT2D eigenvalue weighted by Crippen LogP contribution is 2.13. The number of anilines is 1. The van der Waals surface area contributed by atoms with Crippen LogP contribution >= 0.6 is 0 Å². The van der Waals surface area contributed by atoms with Crippen LogP contribution in [0.3, 0.4) is 0 Å². The van der Waals surface area contributed by atoms with Gasteiger partial charge in [-0.25, -0.2) is 4.39 Å². The molecule has 1 rings (SSSR count). The minimum Gasteiger partial charge on any atom is -0.481 e. The number of benzene rings is 1. The van der Waals surface area contributed by atoms with E-state index in [0.29, 0.717) is 19.3 Å². The van der Waals surface area contributed by atoms with Crippen LogP contribution in [-0.2, 0) is 4.79 Å². The van der Waals surface area contributed by atoms with Gasteiger partial charge in [0, 0.05) is 11.6 Å². The highest BCUT2D eigenvalue weighted by Gasteiger charge is 2.14. The van der Waals surface area contributed by atoms with Crippen molar-refractivity contribution in [2.45, 2.75) is 39.2 Å². The molecule has 0 bridgehead atoms. The summed E-state index contributed by atoms with van der Waals surface area (Å²) in [6.45, 7) is 3.49. The van der Waals surface area contributed by atoms with E-state index >= 15 is 0 Å². The number of halogens is 1. The first-order valence-electron chi connectivity index (χ1n) is 6.90. The highest BCUT2D eigenvalue weighted by atomic mass is 19.1. The Labute approximate surface area is 123 Å². The number of carbonyl (C=O) groups excluding carboxylic acids is 1. The van der Waals surface area contributed by atoms with E-state index in [1.165, 1.54) is 12.1 Å². The standard InChI is InChI=1S/C15H21FN2O3/c1-9(15(20)21)4-3-5-10(2)18-14(19)11-6-7-13(17)12(16)8-11/h6-10H,3-5,17H2,1-2H3,(H,18,19)(H,20,21). The number of hydrogen-bond acceptors (Lipinski definition) is 3. The fourth-order valence-corrected chi connectivity index (χ4v) is 1.90. The van der Waals surface area contributed by atoms with Crippen LogP contribution < -0.4 is 11.1 Å². The van der Waals surface area contributed by atoms with E-state index < -0.39 is 11.8 Å². The number of carboxylic acid groups (broad SMARTS) is 1. The molecule has 0 aliphatic heterocycles. The van der Waals surface area contributed by atoms with Crippen molar-refractivity contribution in [1.29, 1.82) is 0 Å². The molecule has 0 saturated carbocycles. The lowest BCUT2D eigenvalue weighted by Crippen LogP contribution is -2.32. The average molecular weight is 296 g/mol. The molecule has 1 amide bonds. The third kappa shape index (κ3) is 5.41. The summed E-state index contributed by atoms with van der Waals surface area (Å²) in [5.74, 6) is -2.19. The minimum absolute atomic E-state index is 0.00209. The zero-order chi connectivity index (χ0) is 16.0. The van der Waals surface area contributed by atoms with Crippen molar-refractivity contribution in [3.8, 4) is 0 Å². The monoisotopic (exact) mass is 296 g/mol. The molecule has 0 heterocycles. The van der Waals surface area contributed by atoms with Gasteiger partial charge in [0.1, 0.15) is 5.82 Å². The van der Waals surface area contributed by atoms with Crippen LogP contribution in [0.15, 0.2) is 18.2 Å². The van der Waals surface area contributed by atoms with Crippen LogP contribution in [-0.4, -0.2) is 23.0 Å². The van der Waals surface area contributed by atoms with Crippen LogP contribution in [0.25, 0.3) is 0 Å². The SMILES string of the molecule is CC(CCCC(C)C(=O)O)NC(=O)c1ccc(N)c(F)c1. The molecule has 1 aromatic rings. The van der Waals surface area contributed by atoms with E-state index in [2.05, 4.69) is 5.32 Å². The number of nitrogen functional groups attached to an aromatic ring is 1. The molecule has 2 atom stereocenters. The molecule has 0 spiro atoms. The Morgan fingerprint density at radius 1 is 1.33 bits per heavy atom. The van der Waals surface area contributed by atoms with Gasteiger partial charge in [-0.1, -0.05) is 13.3 Å². The smallest absolute Gasteiger partial charge is 0.306 e. The van der Waals surface area contributed by atoms with Gasteiger partial charge in [-0.05, 0) is 38.0 Å². The Balaban J connectivity index is 2.43. The second-order valence-corrected chi connectivity index (χ2v) is 5.28. The first kappa shape index (κ1) is 16.9. The van der Waals surface area contributed by atoms with Gasteiger partial charge in [0.2, 0.25) is 0 Å². The number of nitrogens with one attached hydrogen (secondary N) is 1. The van der Waals surface area contributed by atoms with Gasteiger partial charge in [0.25, 0.3) is 5.91 Å². The molecule has 21 heavy (non-hydrogen) atoms. The lowest BCUT2D eigenvalue weighted by molar-refractivity contribution is -0.141. The molecule has 0 radical (unpaired) electrons. The summed E-state index contributed by atoms with van der Waals surface area (Å²) in [5.41, 5.74) is 5.57. The predicted molar refractivity (Wildman–Crippen MR) is 78.4 cm³/mol. The zero-order valence-corrected chi connectivity index (χ0v) is 12.2. The summed E-state index contributed by atoms with van der Waals surface area (Å²) in [6, 6.07) is 3.81. The van der Waals surface area contributed by atoms with Gasteiger partial charge in [-0.15, -0.1) is 0 Å². The maximum absolute atomic E-state index is 13.3. The molecule has 1 aromatic carbocycles. The van der Waals surface area contributed by atoms with Gasteiger partial charge < -0.3 is 16.2 Å². The number of nitrogens with two attached hydrogens (primary N) is 1. The largest absolute Gasteiger partial charge is 0.481 e. The number of rotatable bonds is 7. The summed E-state index contributed by atoms with van der Waals surface area (Å²) < 4.78 is 13.3. The van der Waals surface area contributed by atoms with Crippen molar-refractivity contribution in [3.63, 3.8) is 0 Å². The molecule has 0 saturated heterocycles. The summed E-state index contributed by atoms with van der Waals surface area (Å²) in [5, 5.41) is 11.5. The lowest BCUT2D eigenvalue weighted by atomic mass is 10.0. The molecule has 0 aromatic heterocycles. The molecule has 0 aliphatic rings. The van der Waals surface area contributed by atoms with Crippen LogP contribution in [0.5, 0.6) is 0 Å². The number of aliphatic carboxylic acids is 1. The van der Waals surface area contributed by atoms with Crippen LogP contribution in [0.1, 0.15) is 43.5 Å². The topological polar surface area (TPSA) is 92.4 Å². The molecular weight excluding hydrogens is 275 g/mol. The van der Waals surface area contributed by atoms with Crippen molar-refractivity contribution in [2.75, 3.05) is 5.73 Å². The van der Waals surface area contributed by atoms with Crippen molar-refractivity contribution in [2.24, 2.45) is 5.92 Å². The normalized spacial score (nSPS) is 13.5. The van der Waals surface area contributed by atoms with Crippen LogP contribution in [0.4, 0.5) is 10.1 Å². The number of carboxylic acids is 1. The summed E-state index contributed by atoms with van der Waals surface area (Å²) in [7, 11) is 0. The molecule has 0 aliphatic carbocycles. The van der Waals surface area contributed by atoms with E-state index in [-0.39, 0.29) is 29.1 Å². The van der Waals surface area contributed by atoms with Gasteiger partial charge >= 0.3 is 5.97 Å². The van der Waals surface area contributed by atoms with Gasteiger partial charge in [-0.3, -0.25) is 9.59 Å². The maximum Gasteiger partial charge on any atom is 0.306 e. The molecular formula is C15H21FN2O3. The first-order chi connectivity index (χ1) is 9.81. The highest BCUT2D eigenvalue weighted by molar-refractivity contribution is 5.94. The Bertz CT molecular complexity index is 520. The van der Waals surface area contributed by atoms with E-state index in [1.807, 2.05) is 6.92 Å². The molecule has 116 valence electrons. The fourth-order valence-electron chi connectivity index (χ4n) is 1.90. The van der Waals surface area contributed by atoms with Gasteiger partial charge in [0.05, 0.1) is 11.6 Å². The second-order valence-electron chi connectivity index (χ2n) is 5.28. The van der Waals surface area contributed by atoms with Crippen molar-refractivity contribution in [1.82, 2.24) is 5.32 Å². The number of carbonyl (C=O) groups is 2. The van der Waals surface area contributed by atoms with Crippen molar-refractivity contribution < 1.29 is 19.1 Å². The molecule has 4 N–H and O–H groups in total. The first-order valence-corrected chi connectivity index (χ1v) is 6.90. The Morgan fingerprint density at radius 2 is 2.00 bits per heavy atom. The third-order valence-corrected chi connectivity index (χ3v) is 3.34. The Hall–Kier alpha value is -2.11. The Kier molecular flexibility index (Phi) is 6.14. The van der Waals surface area contributed by atoms with E-state index in [4.69, 9.17) is 10.8 Å². The van der Waals surface area contributed by atoms with E-state index in [9.17, 15) is 14.0 Å². The number of amides is 1. The van der Waals surface area contributed by atoms with E-state index in [1.54, 1.807) is 6.92 Å². The van der Waals surface area contributed by atoms with Gasteiger partial charge in [0.15, 0.2) is 0 Å². The minimum atomic E-state index is -0.816. The molecule has 2 unspecified atom stereocenters. The van der Waals surface area contributed by atoms with Gasteiger partial charge in [-0.2, -0.15) is 0 Å². The predicted octanol–water partition coefficient (Wildman–Crippen LogP) is 2.42. The van der Waals surface area contributed by atoms with Crippen LogP contribution in [0, 0.1) is 11.7 Å². The summed E-state index contributed by atoms with van der Waals surface area (Å²) in [6.07, 6.45) is 1.93. The maximum atomic E-state index is 13.3. The molecule has 6 heteroatoms. The second kappa shape index (κ2) is 7.61. The molecule has 5 nitrogen and oxygen atoms in total. The number of hydrogen-bond donors (Lipinski definition) is 3. The Morgan fingerprint density at radius 3 is 2.57 bits per heavy atom. The van der Waals surface area contributed by atoms with Crippen molar-refractivity contribution in [3.05, 3.63) is 29.6 Å².